The van der Waals surface area contributed by atoms with Crippen molar-refractivity contribution in [3.05, 3.63) is 11.6 Å². The third kappa shape index (κ3) is 3.27. The molecule has 1 fully saturated rings. The van der Waals surface area contributed by atoms with Crippen LogP contribution >= 0.6 is 11.3 Å². The third-order valence-corrected chi connectivity index (χ3v) is 3.52. The molecule has 2 amide bonds. The second-order valence-corrected chi connectivity index (χ2v) is 5.14. The average molecular weight is 268 g/mol. The molecule has 2 heterocycles. The first-order chi connectivity index (χ1) is 8.66. The zero-order valence-electron chi connectivity index (χ0n) is 9.96. The number of hydrogen-bond donors (Lipinski definition) is 2. The fourth-order valence-corrected chi connectivity index (χ4v) is 2.45. The minimum atomic E-state index is -0.472. The smallest absolute Gasteiger partial charge is 0.245 e. The highest BCUT2D eigenvalue weighted by molar-refractivity contribution is 7.13. The van der Waals surface area contributed by atoms with Gasteiger partial charge < -0.3 is 16.0 Å². The van der Waals surface area contributed by atoms with Gasteiger partial charge in [-0.05, 0) is 19.3 Å². The van der Waals surface area contributed by atoms with Gasteiger partial charge in [0, 0.05) is 18.1 Å². The minimum absolute atomic E-state index is 0.0477. The van der Waals surface area contributed by atoms with E-state index in [9.17, 15) is 9.59 Å². The monoisotopic (exact) mass is 268 g/mol. The summed E-state index contributed by atoms with van der Waals surface area (Å²) in [4.78, 5) is 29.1. The Morgan fingerprint density at radius 1 is 1.61 bits per heavy atom. The minimum Gasteiger partial charge on any atom is -0.332 e. The van der Waals surface area contributed by atoms with Crippen LogP contribution in [0, 0.1) is 0 Å². The molecule has 1 aromatic heterocycles. The number of nitrogens with one attached hydrogen (secondary N) is 1. The number of rotatable bonds is 3. The van der Waals surface area contributed by atoms with Gasteiger partial charge in [-0.2, -0.15) is 0 Å². The van der Waals surface area contributed by atoms with Crippen LogP contribution in [0.15, 0.2) is 11.6 Å². The molecule has 6 nitrogen and oxygen atoms in total. The largest absolute Gasteiger partial charge is 0.332 e. The van der Waals surface area contributed by atoms with E-state index in [2.05, 4.69) is 10.3 Å². The molecular weight excluding hydrogens is 252 g/mol. The van der Waals surface area contributed by atoms with E-state index in [0.29, 0.717) is 18.1 Å². The maximum atomic E-state index is 11.9. The highest BCUT2D eigenvalue weighted by atomic mass is 32.1. The molecule has 1 aliphatic heterocycles. The number of likely N-dealkylation sites (tertiary alicyclic amines) is 1. The molecule has 98 valence electrons. The summed E-state index contributed by atoms with van der Waals surface area (Å²) in [6.45, 7) is 0.643. The van der Waals surface area contributed by atoms with E-state index in [4.69, 9.17) is 5.73 Å². The lowest BCUT2D eigenvalue weighted by Gasteiger charge is -2.21. The first-order valence-corrected chi connectivity index (χ1v) is 6.78. The lowest BCUT2D eigenvalue weighted by Crippen LogP contribution is -2.45. The van der Waals surface area contributed by atoms with Crippen molar-refractivity contribution < 1.29 is 9.59 Å². The predicted molar refractivity (Wildman–Crippen MR) is 69.2 cm³/mol. The van der Waals surface area contributed by atoms with Gasteiger partial charge >= 0.3 is 0 Å². The summed E-state index contributed by atoms with van der Waals surface area (Å²) in [5.41, 5.74) is 5.75. The van der Waals surface area contributed by atoms with Crippen molar-refractivity contribution in [3.8, 4) is 0 Å². The first kappa shape index (κ1) is 13.0. The van der Waals surface area contributed by atoms with Crippen LogP contribution in [-0.2, 0) is 9.59 Å². The Balaban J connectivity index is 1.91. The fraction of sp³-hybridized carbons (Fsp3) is 0.545. The van der Waals surface area contributed by atoms with Crippen LogP contribution in [0.3, 0.4) is 0 Å². The van der Waals surface area contributed by atoms with Gasteiger partial charge in [0.25, 0.3) is 0 Å². The lowest BCUT2D eigenvalue weighted by molar-refractivity contribution is -0.135. The van der Waals surface area contributed by atoms with Crippen molar-refractivity contribution in [2.45, 2.75) is 25.3 Å². The van der Waals surface area contributed by atoms with Crippen molar-refractivity contribution in [1.82, 2.24) is 9.88 Å². The van der Waals surface area contributed by atoms with Gasteiger partial charge in [0.1, 0.15) is 0 Å². The summed E-state index contributed by atoms with van der Waals surface area (Å²) in [5.74, 6) is -0.366. The summed E-state index contributed by atoms with van der Waals surface area (Å²) in [6.07, 6.45) is 4.14. The van der Waals surface area contributed by atoms with Crippen LogP contribution in [0.2, 0.25) is 0 Å². The fourth-order valence-electron chi connectivity index (χ4n) is 1.91. The van der Waals surface area contributed by atoms with E-state index in [1.54, 1.807) is 11.6 Å². The number of aromatic nitrogens is 1. The summed E-state index contributed by atoms with van der Waals surface area (Å²) in [5, 5.41) is 4.99. The Bertz CT molecular complexity index is 421. The number of anilines is 1. The Hall–Kier alpha value is -1.47. The standard InChI is InChI=1S/C11H16N4O2S/c12-8-3-1-2-5-15(10(8)17)7-9(16)14-11-13-4-6-18-11/h4,6,8H,1-3,5,7,12H2,(H,13,14,16)/t8-/m0/s1. The molecule has 0 saturated carbocycles. The van der Waals surface area contributed by atoms with Crippen LogP contribution < -0.4 is 11.1 Å². The highest BCUT2D eigenvalue weighted by Gasteiger charge is 2.25. The number of amides is 2. The molecule has 0 spiro atoms. The second kappa shape index (κ2) is 5.92. The Labute approximate surface area is 109 Å². The normalized spacial score (nSPS) is 20.6. The Morgan fingerprint density at radius 3 is 3.17 bits per heavy atom. The lowest BCUT2D eigenvalue weighted by atomic mass is 10.1. The van der Waals surface area contributed by atoms with Gasteiger partial charge in [-0.15, -0.1) is 11.3 Å². The summed E-state index contributed by atoms with van der Waals surface area (Å²) >= 11 is 1.35. The van der Waals surface area contributed by atoms with Gasteiger partial charge in [-0.3, -0.25) is 9.59 Å². The van der Waals surface area contributed by atoms with Crippen molar-refractivity contribution in [2.75, 3.05) is 18.4 Å². The van der Waals surface area contributed by atoms with Gasteiger partial charge in [0.15, 0.2) is 5.13 Å². The molecule has 18 heavy (non-hydrogen) atoms. The molecule has 1 aromatic rings. The third-order valence-electron chi connectivity index (χ3n) is 2.84. The zero-order chi connectivity index (χ0) is 13.0. The molecule has 3 N–H and O–H groups in total. The number of hydrogen-bond acceptors (Lipinski definition) is 5. The number of thiazole rings is 1. The van der Waals surface area contributed by atoms with Crippen LogP contribution in [0.25, 0.3) is 0 Å². The number of carbonyl (C=O) groups excluding carboxylic acids is 2. The van der Waals surface area contributed by atoms with Gasteiger partial charge in [-0.25, -0.2) is 4.98 Å². The van der Waals surface area contributed by atoms with E-state index in [-0.39, 0.29) is 18.4 Å². The van der Waals surface area contributed by atoms with Crippen LogP contribution in [-0.4, -0.2) is 40.8 Å². The molecule has 2 rings (SSSR count). The average Bonchev–Trinajstić information content (AvgIpc) is 2.79. The van der Waals surface area contributed by atoms with Crippen LogP contribution in [0.4, 0.5) is 5.13 Å². The number of nitrogens with zero attached hydrogens (tertiary/aromatic N) is 2. The van der Waals surface area contributed by atoms with Crippen molar-refractivity contribution in [2.24, 2.45) is 5.73 Å². The number of nitrogens with two attached hydrogens (primary N) is 1. The molecule has 1 aliphatic rings. The van der Waals surface area contributed by atoms with Crippen LogP contribution in [0.1, 0.15) is 19.3 Å². The molecule has 0 unspecified atom stereocenters. The second-order valence-electron chi connectivity index (χ2n) is 4.25. The predicted octanol–water partition coefficient (Wildman–Crippen LogP) is 0.421. The summed E-state index contributed by atoms with van der Waals surface area (Å²) in [7, 11) is 0. The van der Waals surface area contributed by atoms with E-state index < -0.39 is 6.04 Å². The Kier molecular flexibility index (Phi) is 4.27. The van der Waals surface area contributed by atoms with E-state index in [1.165, 1.54) is 16.2 Å². The molecule has 1 saturated heterocycles. The van der Waals surface area contributed by atoms with Crippen molar-refractivity contribution >= 4 is 28.3 Å². The topological polar surface area (TPSA) is 88.3 Å². The van der Waals surface area contributed by atoms with Gasteiger partial charge in [0.2, 0.25) is 11.8 Å². The van der Waals surface area contributed by atoms with Crippen LogP contribution in [0.5, 0.6) is 0 Å². The van der Waals surface area contributed by atoms with Crippen molar-refractivity contribution in [1.29, 1.82) is 0 Å². The maximum Gasteiger partial charge on any atom is 0.245 e. The molecular formula is C11H16N4O2S. The van der Waals surface area contributed by atoms with Gasteiger partial charge in [-0.1, -0.05) is 0 Å². The number of carbonyl (C=O) groups is 2. The molecule has 0 aliphatic carbocycles. The van der Waals surface area contributed by atoms with E-state index in [1.807, 2.05) is 0 Å². The quantitative estimate of drug-likeness (QED) is 0.831. The SMILES string of the molecule is N[C@H]1CCCCN(CC(=O)Nc2nccs2)C1=O. The molecule has 0 aromatic carbocycles. The molecule has 0 bridgehead atoms. The zero-order valence-corrected chi connectivity index (χ0v) is 10.8. The Morgan fingerprint density at radius 2 is 2.44 bits per heavy atom. The molecule has 1 atom stereocenters. The summed E-state index contributed by atoms with van der Waals surface area (Å²) in [6, 6.07) is -0.472. The maximum absolute atomic E-state index is 11.9. The van der Waals surface area contributed by atoms with Gasteiger partial charge in [0.05, 0.1) is 12.6 Å². The summed E-state index contributed by atoms with van der Waals surface area (Å²) < 4.78 is 0. The first-order valence-electron chi connectivity index (χ1n) is 5.90. The molecule has 0 radical (unpaired) electrons. The molecule has 7 heteroatoms. The van der Waals surface area contributed by atoms with E-state index in [0.717, 1.165) is 12.8 Å². The highest BCUT2D eigenvalue weighted by Crippen LogP contribution is 2.12. The van der Waals surface area contributed by atoms with E-state index >= 15 is 0 Å². The van der Waals surface area contributed by atoms with Crippen molar-refractivity contribution in [3.63, 3.8) is 0 Å².